The third-order valence-corrected chi connectivity index (χ3v) is 4.22. The Morgan fingerprint density at radius 3 is 2.95 bits per heavy atom. The lowest BCUT2D eigenvalue weighted by Gasteiger charge is -2.24. The molecule has 0 unspecified atom stereocenters. The van der Waals surface area contributed by atoms with E-state index in [0.29, 0.717) is 43.4 Å². The minimum absolute atomic E-state index is 0.127. The number of nitrogens with one attached hydrogen (secondary N) is 2. The molecule has 118 valence electrons. The molecular formula is C15H18ClN3O3. The minimum atomic E-state index is -0.507. The number of amides is 2. The highest BCUT2D eigenvalue weighted by Crippen LogP contribution is 2.28. The van der Waals surface area contributed by atoms with Gasteiger partial charge in [-0.2, -0.15) is 0 Å². The van der Waals surface area contributed by atoms with E-state index in [9.17, 15) is 9.59 Å². The van der Waals surface area contributed by atoms with Gasteiger partial charge in [-0.15, -0.1) is 0 Å². The fourth-order valence-corrected chi connectivity index (χ4v) is 2.97. The summed E-state index contributed by atoms with van der Waals surface area (Å²) in [6.07, 6.45) is 0.573. The maximum Gasteiger partial charge on any atom is 0.249 e. The number of morpholine rings is 1. The summed E-state index contributed by atoms with van der Waals surface area (Å²) in [5, 5.41) is 6.41. The molecule has 2 aliphatic heterocycles. The normalized spacial score (nSPS) is 25.3. The molecule has 0 bridgehead atoms. The van der Waals surface area contributed by atoms with Crippen molar-refractivity contribution in [2.75, 3.05) is 31.2 Å². The fourth-order valence-electron chi connectivity index (χ4n) is 2.73. The molecule has 2 saturated heterocycles. The van der Waals surface area contributed by atoms with Crippen molar-refractivity contribution in [3.05, 3.63) is 29.3 Å². The molecule has 0 saturated carbocycles. The van der Waals surface area contributed by atoms with Crippen LogP contribution in [0.1, 0.15) is 6.42 Å². The van der Waals surface area contributed by atoms with Crippen molar-refractivity contribution in [1.82, 2.24) is 10.6 Å². The number of nitrogens with zero attached hydrogens (tertiary/aromatic N) is 1. The number of rotatable bonds is 3. The monoisotopic (exact) mass is 323 g/mol. The van der Waals surface area contributed by atoms with Crippen LogP contribution in [0.5, 0.6) is 0 Å². The van der Waals surface area contributed by atoms with Crippen LogP contribution in [0.15, 0.2) is 24.3 Å². The summed E-state index contributed by atoms with van der Waals surface area (Å²) >= 11 is 6.14. The van der Waals surface area contributed by atoms with Crippen LogP contribution in [0, 0.1) is 0 Å². The second-order valence-corrected chi connectivity index (χ2v) is 5.78. The zero-order chi connectivity index (χ0) is 15.5. The molecular weight excluding hydrogens is 306 g/mol. The number of carbonyl (C=O) groups excluding carboxylic acids is 2. The van der Waals surface area contributed by atoms with Gasteiger partial charge in [-0.1, -0.05) is 23.7 Å². The maximum absolute atomic E-state index is 12.5. The van der Waals surface area contributed by atoms with Crippen LogP contribution in [0.4, 0.5) is 5.69 Å². The van der Waals surface area contributed by atoms with Crippen molar-refractivity contribution in [3.63, 3.8) is 0 Å². The summed E-state index contributed by atoms with van der Waals surface area (Å²) in [6, 6.07) is 6.31. The van der Waals surface area contributed by atoms with E-state index < -0.39 is 12.1 Å². The van der Waals surface area contributed by atoms with Gasteiger partial charge in [-0.3, -0.25) is 9.59 Å². The molecule has 6 nitrogen and oxygen atoms in total. The van der Waals surface area contributed by atoms with Gasteiger partial charge in [0.1, 0.15) is 12.1 Å². The Hall–Kier alpha value is -1.63. The lowest BCUT2D eigenvalue weighted by molar-refractivity contribution is -0.129. The van der Waals surface area contributed by atoms with E-state index in [1.165, 1.54) is 0 Å². The van der Waals surface area contributed by atoms with Crippen LogP contribution in [0.3, 0.4) is 0 Å². The van der Waals surface area contributed by atoms with Gasteiger partial charge in [0.05, 0.1) is 23.9 Å². The molecule has 2 atom stereocenters. The van der Waals surface area contributed by atoms with Crippen LogP contribution in [-0.4, -0.2) is 50.2 Å². The molecule has 2 N–H and O–H groups in total. The first kappa shape index (κ1) is 15.3. The van der Waals surface area contributed by atoms with Gasteiger partial charge in [0.15, 0.2) is 0 Å². The SMILES string of the molecule is O=C(N[C@@H]1CCN(c2ccccc2Cl)C1=O)[C@@H]1COCCN1. The van der Waals surface area contributed by atoms with Crippen LogP contribution >= 0.6 is 11.6 Å². The standard InChI is InChI=1S/C15H18ClN3O3/c16-10-3-1-2-4-13(10)19-7-5-11(15(19)21)18-14(20)12-9-22-8-6-17-12/h1-4,11-12,17H,5-9H2,(H,18,20)/t11-,12+/m1/s1. The van der Waals surface area contributed by atoms with Crippen molar-refractivity contribution in [1.29, 1.82) is 0 Å². The number of benzene rings is 1. The molecule has 0 radical (unpaired) electrons. The van der Waals surface area contributed by atoms with E-state index in [1.54, 1.807) is 17.0 Å². The number of halogens is 1. The van der Waals surface area contributed by atoms with Crippen LogP contribution in [-0.2, 0) is 14.3 Å². The molecule has 7 heteroatoms. The van der Waals surface area contributed by atoms with Gasteiger partial charge >= 0.3 is 0 Å². The summed E-state index contributed by atoms with van der Waals surface area (Å²) in [5.41, 5.74) is 0.685. The predicted molar refractivity (Wildman–Crippen MR) is 83.0 cm³/mol. The molecule has 1 aromatic rings. The Kier molecular flexibility index (Phi) is 4.61. The van der Waals surface area contributed by atoms with E-state index in [0.717, 1.165) is 0 Å². The third-order valence-electron chi connectivity index (χ3n) is 3.90. The molecule has 1 aromatic carbocycles. The first-order chi connectivity index (χ1) is 10.7. The number of hydrogen-bond donors (Lipinski definition) is 2. The van der Waals surface area contributed by atoms with Gasteiger partial charge in [-0.25, -0.2) is 0 Å². The highest BCUT2D eigenvalue weighted by Gasteiger charge is 2.35. The third kappa shape index (κ3) is 3.09. The van der Waals surface area contributed by atoms with Gasteiger partial charge < -0.3 is 20.3 Å². The first-order valence-electron chi connectivity index (χ1n) is 7.34. The van der Waals surface area contributed by atoms with E-state index in [4.69, 9.17) is 16.3 Å². The van der Waals surface area contributed by atoms with Crippen molar-refractivity contribution in [3.8, 4) is 0 Å². The number of para-hydroxylation sites is 1. The molecule has 0 aromatic heterocycles. The molecule has 2 fully saturated rings. The van der Waals surface area contributed by atoms with E-state index >= 15 is 0 Å². The molecule has 2 heterocycles. The average Bonchev–Trinajstić information content (AvgIpc) is 2.90. The number of carbonyl (C=O) groups is 2. The highest BCUT2D eigenvalue weighted by molar-refractivity contribution is 6.34. The zero-order valence-electron chi connectivity index (χ0n) is 12.0. The summed E-state index contributed by atoms with van der Waals surface area (Å²) < 4.78 is 5.26. The summed E-state index contributed by atoms with van der Waals surface area (Å²) in [4.78, 5) is 26.3. The Bertz CT molecular complexity index is 575. The average molecular weight is 324 g/mol. The largest absolute Gasteiger partial charge is 0.378 e. The molecule has 2 amide bonds. The Balaban J connectivity index is 1.64. The summed E-state index contributed by atoms with van der Waals surface area (Å²) in [7, 11) is 0. The second kappa shape index (κ2) is 6.64. The highest BCUT2D eigenvalue weighted by atomic mass is 35.5. The Morgan fingerprint density at radius 2 is 2.23 bits per heavy atom. The van der Waals surface area contributed by atoms with Crippen molar-refractivity contribution in [2.24, 2.45) is 0 Å². The second-order valence-electron chi connectivity index (χ2n) is 5.37. The van der Waals surface area contributed by atoms with Crippen LogP contribution < -0.4 is 15.5 Å². The topological polar surface area (TPSA) is 70.7 Å². The van der Waals surface area contributed by atoms with Gasteiger partial charge in [-0.05, 0) is 18.6 Å². The molecule has 0 spiro atoms. The molecule has 22 heavy (non-hydrogen) atoms. The first-order valence-corrected chi connectivity index (χ1v) is 7.72. The van der Waals surface area contributed by atoms with Crippen molar-refractivity contribution < 1.29 is 14.3 Å². The lowest BCUT2D eigenvalue weighted by atomic mass is 10.2. The number of ether oxygens (including phenoxy) is 1. The molecule has 2 aliphatic rings. The molecule has 0 aliphatic carbocycles. The minimum Gasteiger partial charge on any atom is -0.378 e. The zero-order valence-corrected chi connectivity index (χ0v) is 12.8. The van der Waals surface area contributed by atoms with Crippen molar-refractivity contribution in [2.45, 2.75) is 18.5 Å². The van der Waals surface area contributed by atoms with Crippen LogP contribution in [0.25, 0.3) is 0 Å². The van der Waals surface area contributed by atoms with Gasteiger partial charge in [0.25, 0.3) is 0 Å². The Labute approximate surface area is 133 Å². The van der Waals surface area contributed by atoms with Crippen molar-refractivity contribution >= 4 is 29.1 Å². The smallest absolute Gasteiger partial charge is 0.249 e. The van der Waals surface area contributed by atoms with Crippen LogP contribution in [0.2, 0.25) is 5.02 Å². The summed E-state index contributed by atoms with van der Waals surface area (Å²) in [6.45, 7) is 2.12. The quantitative estimate of drug-likeness (QED) is 0.852. The fraction of sp³-hybridized carbons (Fsp3) is 0.467. The number of hydrogen-bond acceptors (Lipinski definition) is 4. The maximum atomic E-state index is 12.5. The molecule has 3 rings (SSSR count). The van der Waals surface area contributed by atoms with Gasteiger partial charge in [0, 0.05) is 13.1 Å². The summed E-state index contributed by atoms with van der Waals surface area (Å²) in [5.74, 6) is -0.322. The van der Waals surface area contributed by atoms with E-state index in [2.05, 4.69) is 10.6 Å². The Morgan fingerprint density at radius 1 is 1.41 bits per heavy atom. The van der Waals surface area contributed by atoms with E-state index in [-0.39, 0.29) is 11.8 Å². The van der Waals surface area contributed by atoms with Gasteiger partial charge in [0.2, 0.25) is 11.8 Å². The number of anilines is 1. The lowest BCUT2D eigenvalue weighted by Crippen LogP contribution is -2.54. The van der Waals surface area contributed by atoms with E-state index in [1.807, 2.05) is 12.1 Å². The predicted octanol–water partition coefficient (Wildman–Crippen LogP) is 0.550.